The molecule has 1 N–H and O–H groups in total. The number of ether oxygens (including phenoxy) is 1. The number of esters is 1. The van der Waals surface area contributed by atoms with Gasteiger partial charge in [-0.1, -0.05) is 0 Å². The van der Waals surface area contributed by atoms with E-state index in [1.54, 1.807) is 0 Å². The van der Waals surface area contributed by atoms with Gasteiger partial charge in [0.15, 0.2) is 11.9 Å². The van der Waals surface area contributed by atoms with Crippen LogP contribution in [0.15, 0.2) is 29.2 Å². The predicted molar refractivity (Wildman–Crippen MR) is 84.5 cm³/mol. The number of rotatable bonds is 6. The quantitative estimate of drug-likeness (QED) is 0.615. The summed E-state index contributed by atoms with van der Waals surface area (Å²) in [6, 6.07) is 7.10. The van der Waals surface area contributed by atoms with Crippen molar-refractivity contribution in [2.24, 2.45) is 0 Å². The third-order valence-corrected chi connectivity index (χ3v) is 5.15. The summed E-state index contributed by atoms with van der Waals surface area (Å²) in [6.07, 6.45) is 1.97. The van der Waals surface area contributed by atoms with Crippen LogP contribution < -0.4 is 4.72 Å². The maximum absolute atomic E-state index is 12.1. The van der Waals surface area contributed by atoms with Crippen LogP contribution in [0.5, 0.6) is 0 Å². The van der Waals surface area contributed by atoms with Gasteiger partial charge in [-0.05, 0) is 43.5 Å². The monoisotopic (exact) mass is 350 g/mol. The number of carbonyl (C=O) groups excluding carboxylic acids is 2. The van der Waals surface area contributed by atoms with Crippen molar-refractivity contribution in [1.82, 2.24) is 4.72 Å². The molecule has 0 radical (unpaired) electrons. The highest BCUT2D eigenvalue weighted by atomic mass is 32.2. The maximum Gasteiger partial charge on any atom is 0.338 e. The lowest BCUT2D eigenvalue weighted by Gasteiger charge is -2.20. The van der Waals surface area contributed by atoms with Gasteiger partial charge in [0.2, 0.25) is 10.0 Å². The van der Waals surface area contributed by atoms with Crippen LogP contribution in [0.25, 0.3) is 0 Å². The van der Waals surface area contributed by atoms with E-state index < -0.39 is 22.1 Å². The molecule has 1 atom stereocenters. The molecule has 1 fully saturated rings. The zero-order valence-corrected chi connectivity index (χ0v) is 13.8. The Labute approximate surface area is 140 Å². The summed E-state index contributed by atoms with van der Waals surface area (Å²) < 4.78 is 31.4. The molecule has 1 saturated carbocycles. The topological polar surface area (TPSA) is 113 Å². The second kappa shape index (κ2) is 8.04. The lowest BCUT2D eigenvalue weighted by Crippen LogP contribution is -2.30. The molecule has 24 heavy (non-hydrogen) atoms. The van der Waals surface area contributed by atoms with E-state index in [1.807, 2.05) is 6.07 Å². The molecule has 1 aromatic rings. The maximum atomic E-state index is 12.1. The molecule has 0 amide bonds. The number of benzene rings is 1. The number of nitriles is 1. The van der Waals surface area contributed by atoms with Crippen molar-refractivity contribution < 1.29 is 22.7 Å². The second-order valence-corrected chi connectivity index (χ2v) is 7.20. The van der Waals surface area contributed by atoms with Gasteiger partial charge in [0.05, 0.1) is 16.5 Å². The molecule has 0 heterocycles. The van der Waals surface area contributed by atoms with E-state index in [-0.39, 0.29) is 29.2 Å². The van der Waals surface area contributed by atoms with Crippen LogP contribution in [0.4, 0.5) is 0 Å². The molecule has 0 aromatic heterocycles. The molecule has 0 saturated heterocycles. The molecule has 0 unspecified atom stereocenters. The van der Waals surface area contributed by atoms with Crippen LogP contribution in [0.2, 0.25) is 0 Å². The fourth-order valence-electron chi connectivity index (χ4n) is 2.37. The van der Waals surface area contributed by atoms with E-state index in [9.17, 15) is 18.0 Å². The number of hydrogen-bond donors (Lipinski definition) is 1. The lowest BCUT2D eigenvalue weighted by molar-refractivity contribution is -0.129. The molecule has 0 spiro atoms. The summed E-state index contributed by atoms with van der Waals surface area (Å²) in [5.74, 6) is -0.716. The Hall–Kier alpha value is -2.24. The standard InChI is InChI=1S/C16H18N2O5S/c17-10-3-11-18-24(21,22)13-8-6-12(7-9-13)16(20)23-15-5-2-1-4-14(15)19/h6-9,15,18H,1-5,11H2/t15-/m1/s1. The highest BCUT2D eigenvalue weighted by Gasteiger charge is 2.26. The minimum absolute atomic E-state index is 0.00858. The van der Waals surface area contributed by atoms with E-state index in [0.717, 1.165) is 12.8 Å². The van der Waals surface area contributed by atoms with Gasteiger partial charge in [0.25, 0.3) is 0 Å². The van der Waals surface area contributed by atoms with Crippen LogP contribution in [0, 0.1) is 11.3 Å². The van der Waals surface area contributed by atoms with Gasteiger partial charge in [-0.3, -0.25) is 4.79 Å². The average molecular weight is 350 g/mol. The largest absolute Gasteiger partial charge is 0.451 e. The Morgan fingerprint density at radius 3 is 2.62 bits per heavy atom. The molecule has 1 aliphatic carbocycles. The molecule has 0 bridgehead atoms. The Bertz CT molecular complexity index is 750. The number of sulfonamides is 1. The first-order valence-electron chi connectivity index (χ1n) is 7.64. The summed E-state index contributed by atoms with van der Waals surface area (Å²) in [4.78, 5) is 23.7. The molecular weight excluding hydrogens is 332 g/mol. The van der Waals surface area contributed by atoms with Crippen LogP contribution in [-0.4, -0.2) is 32.8 Å². The Morgan fingerprint density at radius 1 is 1.29 bits per heavy atom. The minimum atomic E-state index is -3.72. The number of nitrogens with zero attached hydrogens (tertiary/aromatic N) is 1. The first-order chi connectivity index (χ1) is 11.4. The molecule has 8 heteroatoms. The molecule has 1 aromatic carbocycles. The number of nitrogens with one attached hydrogen (secondary N) is 1. The molecule has 0 aliphatic heterocycles. The van der Waals surface area contributed by atoms with Crippen molar-refractivity contribution in [3.8, 4) is 6.07 Å². The van der Waals surface area contributed by atoms with Crippen molar-refractivity contribution in [3.63, 3.8) is 0 Å². The summed E-state index contributed by atoms with van der Waals surface area (Å²) in [6.45, 7) is 0.0203. The first-order valence-corrected chi connectivity index (χ1v) is 9.13. The van der Waals surface area contributed by atoms with Gasteiger partial charge in [-0.2, -0.15) is 5.26 Å². The number of carbonyl (C=O) groups is 2. The fourth-order valence-corrected chi connectivity index (χ4v) is 3.40. The lowest BCUT2D eigenvalue weighted by atomic mass is 9.96. The zero-order valence-electron chi connectivity index (χ0n) is 13.0. The number of Topliss-reactive ketones (excluding diaryl/α,β-unsaturated/α-hetero) is 1. The highest BCUT2D eigenvalue weighted by Crippen LogP contribution is 2.19. The molecular formula is C16H18N2O5S. The summed E-state index contributed by atoms with van der Waals surface area (Å²) in [5.41, 5.74) is 0.185. The van der Waals surface area contributed by atoms with E-state index in [1.165, 1.54) is 24.3 Å². The van der Waals surface area contributed by atoms with E-state index in [2.05, 4.69) is 4.72 Å². The van der Waals surface area contributed by atoms with Gasteiger partial charge < -0.3 is 4.74 Å². The third-order valence-electron chi connectivity index (χ3n) is 3.68. The van der Waals surface area contributed by atoms with Gasteiger partial charge >= 0.3 is 5.97 Å². The second-order valence-electron chi connectivity index (χ2n) is 5.44. The molecule has 7 nitrogen and oxygen atoms in total. The molecule has 128 valence electrons. The first kappa shape index (κ1) is 18.1. The smallest absolute Gasteiger partial charge is 0.338 e. The molecule has 1 aliphatic rings. The summed E-state index contributed by atoms with van der Waals surface area (Å²) in [5, 5.41) is 8.42. The van der Waals surface area contributed by atoms with Crippen molar-refractivity contribution >= 4 is 21.8 Å². The third kappa shape index (κ3) is 4.63. The average Bonchev–Trinajstić information content (AvgIpc) is 2.57. The van der Waals surface area contributed by atoms with Crippen molar-refractivity contribution in [3.05, 3.63) is 29.8 Å². The van der Waals surface area contributed by atoms with Crippen molar-refractivity contribution in [2.45, 2.75) is 43.1 Å². The number of hydrogen-bond acceptors (Lipinski definition) is 6. The van der Waals surface area contributed by atoms with Gasteiger partial charge in [0, 0.05) is 19.4 Å². The fraction of sp³-hybridized carbons (Fsp3) is 0.438. The SMILES string of the molecule is N#CCCNS(=O)(=O)c1ccc(C(=O)O[C@@H]2CCCCC2=O)cc1. The van der Waals surface area contributed by atoms with Crippen LogP contribution >= 0.6 is 0 Å². The van der Waals surface area contributed by atoms with Crippen LogP contribution in [0.3, 0.4) is 0 Å². The highest BCUT2D eigenvalue weighted by molar-refractivity contribution is 7.89. The van der Waals surface area contributed by atoms with Gasteiger partial charge in [-0.15, -0.1) is 0 Å². The van der Waals surface area contributed by atoms with Crippen molar-refractivity contribution in [1.29, 1.82) is 5.26 Å². The Morgan fingerprint density at radius 2 is 2.00 bits per heavy atom. The van der Waals surface area contributed by atoms with E-state index in [0.29, 0.717) is 12.8 Å². The zero-order chi connectivity index (χ0) is 17.6. The van der Waals surface area contributed by atoms with Gasteiger partial charge in [0.1, 0.15) is 0 Å². The van der Waals surface area contributed by atoms with Crippen LogP contribution in [0.1, 0.15) is 42.5 Å². The number of ketones is 1. The normalized spacial score (nSPS) is 18.0. The molecule has 2 rings (SSSR count). The van der Waals surface area contributed by atoms with Crippen molar-refractivity contribution in [2.75, 3.05) is 6.54 Å². The summed E-state index contributed by atoms with van der Waals surface area (Å²) >= 11 is 0. The predicted octanol–water partition coefficient (Wildman–Crippen LogP) is 1.55. The van der Waals surface area contributed by atoms with E-state index >= 15 is 0 Å². The van der Waals surface area contributed by atoms with Crippen LogP contribution in [-0.2, 0) is 19.6 Å². The Kier molecular flexibility index (Phi) is 6.06. The van der Waals surface area contributed by atoms with Gasteiger partial charge in [-0.25, -0.2) is 17.9 Å². The summed E-state index contributed by atoms with van der Waals surface area (Å²) in [7, 11) is -3.72. The van der Waals surface area contributed by atoms with E-state index in [4.69, 9.17) is 10.00 Å². The Balaban J connectivity index is 2.02. The minimum Gasteiger partial charge on any atom is -0.451 e.